The molecule has 0 bridgehead atoms. The molecular weight excluding hydrogens is 410 g/mol. The van der Waals surface area contributed by atoms with E-state index in [0.29, 0.717) is 41.4 Å². The summed E-state index contributed by atoms with van der Waals surface area (Å²) in [5.41, 5.74) is 8.22. The van der Waals surface area contributed by atoms with Gasteiger partial charge < -0.3 is 19.8 Å². The van der Waals surface area contributed by atoms with E-state index in [9.17, 15) is 4.79 Å². The first-order valence-electron chi connectivity index (χ1n) is 10.4. The van der Waals surface area contributed by atoms with Gasteiger partial charge in [0.05, 0.1) is 32.5 Å². The van der Waals surface area contributed by atoms with Crippen molar-refractivity contribution in [3.63, 3.8) is 0 Å². The SMILES string of the molecule is COc1cccc2c(-c3cn(Cc4cccn(C5CCCOC5)c4=O)nn3)nc(N)nc12. The highest BCUT2D eigenvalue weighted by molar-refractivity contribution is 5.95. The maximum Gasteiger partial charge on any atom is 0.255 e. The van der Waals surface area contributed by atoms with E-state index in [4.69, 9.17) is 15.2 Å². The van der Waals surface area contributed by atoms with Crippen LogP contribution in [0.25, 0.3) is 22.3 Å². The first kappa shape index (κ1) is 20.1. The average molecular weight is 433 g/mol. The lowest BCUT2D eigenvalue weighted by Gasteiger charge is -2.24. The molecular formula is C22H23N7O3. The monoisotopic (exact) mass is 433 g/mol. The Balaban J connectivity index is 1.48. The van der Waals surface area contributed by atoms with Crippen LogP contribution in [0.5, 0.6) is 5.75 Å². The number of para-hydroxylation sites is 1. The highest BCUT2D eigenvalue weighted by Crippen LogP contribution is 2.30. The molecule has 1 fully saturated rings. The second kappa shape index (κ2) is 8.39. The maximum absolute atomic E-state index is 13.0. The second-order valence-electron chi connectivity index (χ2n) is 7.71. The highest BCUT2D eigenvalue weighted by atomic mass is 16.5. The topological polar surface area (TPSA) is 123 Å². The summed E-state index contributed by atoms with van der Waals surface area (Å²) in [5.74, 6) is 0.717. The van der Waals surface area contributed by atoms with Crippen LogP contribution >= 0.6 is 0 Å². The Morgan fingerprint density at radius 1 is 1.25 bits per heavy atom. The van der Waals surface area contributed by atoms with Crippen molar-refractivity contribution in [2.24, 2.45) is 0 Å². The molecule has 3 aromatic heterocycles. The van der Waals surface area contributed by atoms with Gasteiger partial charge in [-0.2, -0.15) is 0 Å². The third kappa shape index (κ3) is 3.69. The van der Waals surface area contributed by atoms with Gasteiger partial charge in [-0.05, 0) is 25.0 Å². The number of aromatic nitrogens is 6. The van der Waals surface area contributed by atoms with Crippen LogP contribution in [0, 0.1) is 0 Å². The minimum atomic E-state index is -0.0403. The molecule has 0 aliphatic carbocycles. The Hall–Kier alpha value is -3.79. The molecule has 5 rings (SSSR count). The second-order valence-corrected chi connectivity index (χ2v) is 7.71. The summed E-state index contributed by atoms with van der Waals surface area (Å²) in [5, 5.41) is 9.23. The van der Waals surface area contributed by atoms with E-state index in [1.54, 1.807) is 22.6 Å². The Bertz CT molecular complexity index is 1320. The third-order valence-corrected chi connectivity index (χ3v) is 5.62. The van der Waals surface area contributed by atoms with Gasteiger partial charge in [-0.15, -0.1) is 5.10 Å². The molecule has 0 saturated carbocycles. The molecule has 10 heteroatoms. The lowest BCUT2D eigenvalue weighted by Crippen LogP contribution is -2.32. The summed E-state index contributed by atoms with van der Waals surface area (Å²) in [6, 6.07) is 9.31. The largest absolute Gasteiger partial charge is 0.494 e. The number of ether oxygens (including phenoxy) is 2. The van der Waals surface area contributed by atoms with Crippen molar-refractivity contribution < 1.29 is 9.47 Å². The van der Waals surface area contributed by atoms with Gasteiger partial charge >= 0.3 is 0 Å². The van der Waals surface area contributed by atoms with Gasteiger partial charge in [0.15, 0.2) is 0 Å². The summed E-state index contributed by atoms with van der Waals surface area (Å²) in [7, 11) is 1.58. The smallest absolute Gasteiger partial charge is 0.255 e. The zero-order chi connectivity index (χ0) is 22.1. The maximum atomic E-state index is 13.0. The molecule has 1 atom stereocenters. The van der Waals surface area contributed by atoms with Crippen LogP contribution in [0.15, 0.2) is 47.5 Å². The van der Waals surface area contributed by atoms with Crippen molar-refractivity contribution >= 4 is 16.9 Å². The van der Waals surface area contributed by atoms with E-state index in [2.05, 4.69) is 20.3 Å². The molecule has 1 unspecified atom stereocenters. The molecule has 0 spiro atoms. The van der Waals surface area contributed by atoms with Crippen LogP contribution in [-0.4, -0.2) is 49.9 Å². The first-order valence-corrected chi connectivity index (χ1v) is 10.4. The number of benzene rings is 1. The summed E-state index contributed by atoms with van der Waals surface area (Å²) < 4.78 is 14.3. The van der Waals surface area contributed by atoms with Crippen molar-refractivity contribution in [2.75, 3.05) is 26.1 Å². The summed E-state index contributed by atoms with van der Waals surface area (Å²) in [4.78, 5) is 21.7. The van der Waals surface area contributed by atoms with Gasteiger partial charge in [0, 0.05) is 23.8 Å². The van der Waals surface area contributed by atoms with Crippen LogP contribution < -0.4 is 16.0 Å². The third-order valence-electron chi connectivity index (χ3n) is 5.62. The zero-order valence-electron chi connectivity index (χ0n) is 17.6. The van der Waals surface area contributed by atoms with Gasteiger partial charge in [0.1, 0.15) is 22.7 Å². The van der Waals surface area contributed by atoms with Crippen molar-refractivity contribution in [3.05, 3.63) is 58.6 Å². The van der Waals surface area contributed by atoms with Crippen LogP contribution in [0.4, 0.5) is 5.95 Å². The fourth-order valence-corrected chi connectivity index (χ4v) is 4.07. The van der Waals surface area contributed by atoms with E-state index in [0.717, 1.165) is 24.8 Å². The molecule has 0 radical (unpaired) electrons. The highest BCUT2D eigenvalue weighted by Gasteiger charge is 2.19. The Morgan fingerprint density at radius 3 is 2.97 bits per heavy atom. The Morgan fingerprint density at radius 2 is 2.16 bits per heavy atom. The molecule has 0 amide bonds. The van der Waals surface area contributed by atoms with Crippen molar-refractivity contribution in [3.8, 4) is 17.1 Å². The Labute approximate surface area is 183 Å². The van der Waals surface area contributed by atoms with Crippen LogP contribution in [0.3, 0.4) is 0 Å². The number of anilines is 1. The zero-order valence-corrected chi connectivity index (χ0v) is 17.6. The fourth-order valence-electron chi connectivity index (χ4n) is 4.07. The molecule has 164 valence electrons. The molecule has 1 aromatic carbocycles. The number of nitrogens with zero attached hydrogens (tertiary/aromatic N) is 6. The van der Waals surface area contributed by atoms with Crippen LogP contribution in [0.1, 0.15) is 24.4 Å². The Kier molecular flexibility index (Phi) is 5.28. The van der Waals surface area contributed by atoms with E-state index < -0.39 is 0 Å². The summed E-state index contributed by atoms with van der Waals surface area (Å²) in [6.45, 7) is 1.60. The van der Waals surface area contributed by atoms with Gasteiger partial charge in [-0.3, -0.25) is 4.79 Å². The lowest BCUT2D eigenvalue weighted by molar-refractivity contribution is 0.0579. The average Bonchev–Trinajstić information content (AvgIpc) is 3.28. The van der Waals surface area contributed by atoms with Gasteiger partial charge in [0.25, 0.3) is 5.56 Å². The number of hydrogen-bond acceptors (Lipinski definition) is 8. The number of pyridine rings is 1. The number of nitrogens with two attached hydrogens (primary N) is 1. The normalized spacial score (nSPS) is 16.3. The van der Waals surface area contributed by atoms with E-state index in [1.165, 1.54) is 0 Å². The fraction of sp³-hybridized carbons (Fsp3) is 0.318. The minimum absolute atomic E-state index is 0.0403. The number of hydrogen-bond donors (Lipinski definition) is 1. The van der Waals surface area contributed by atoms with Gasteiger partial charge in [0.2, 0.25) is 5.95 Å². The standard InChI is InChI=1S/C22H23N7O3/c1-31-18-8-2-7-16-19(24-22(23)25-20(16)18)17-12-28(27-26-17)11-14-5-3-9-29(21(14)30)15-6-4-10-32-13-15/h2-3,5,7-9,12,15H,4,6,10-11,13H2,1H3,(H2,23,24,25). The molecule has 4 aromatic rings. The molecule has 32 heavy (non-hydrogen) atoms. The predicted octanol–water partition coefficient (Wildman–Crippen LogP) is 2.04. The number of methoxy groups -OCH3 is 1. The number of rotatable bonds is 5. The van der Waals surface area contributed by atoms with E-state index in [-0.39, 0.29) is 17.5 Å². The lowest BCUT2D eigenvalue weighted by atomic mass is 10.1. The van der Waals surface area contributed by atoms with Crippen molar-refractivity contribution in [1.82, 2.24) is 29.5 Å². The quantitative estimate of drug-likeness (QED) is 0.507. The van der Waals surface area contributed by atoms with Crippen molar-refractivity contribution in [1.29, 1.82) is 0 Å². The van der Waals surface area contributed by atoms with Gasteiger partial charge in [-0.25, -0.2) is 14.6 Å². The minimum Gasteiger partial charge on any atom is -0.494 e. The first-order chi connectivity index (χ1) is 15.6. The van der Waals surface area contributed by atoms with E-state index >= 15 is 0 Å². The molecule has 4 heterocycles. The summed E-state index contributed by atoms with van der Waals surface area (Å²) in [6.07, 6.45) is 5.46. The van der Waals surface area contributed by atoms with Crippen molar-refractivity contribution in [2.45, 2.75) is 25.4 Å². The molecule has 1 aliphatic heterocycles. The van der Waals surface area contributed by atoms with Crippen LogP contribution in [0.2, 0.25) is 0 Å². The number of fused-ring (bicyclic) bond motifs is 1. The van der Waals surface area contributed by atoms with Gasteiger partial charge in [-0.1, -0.05) is 23.4 Å². The molecule has 2 N–H and O–H groups in total. The molecule has 1 aliphatic rings. The summed E-state index contributed by atoms with van der Waals surface area (Å²) >= 11 is 0. The molecule has 10 nitrogen and oxygen atoms in total. The molecule has 1 saturated heterocycles. The number of nitrogen functional groups attached to an aromatic ring is 1. The van der Waals surface area contributed by atoms with E-state index in [1.807, 2.05) is 36.5 Å². The predicted molar refractivity (Wildman–Crippen MR) is 118 cm³/mol. The van der Waals surface area contributed by atoms with Crippen LogP contribution in [-0.2, 0) is 11.3 Å².